The Hall–Kier alpha value is -1.29. The number of nitrogens with zero attached hydrogens (tertiary/aromatic N) is 1. The van der Waals surface area contributed by atoms with Crippen LogP contribution in [0.2, 0.25) is 0 Å². The number of aryl methyl sites for hydroxylation is 1. The van der Waals surface area contributed by atoms with Crippen LogP contribution in [0.15, 0.2) is 18.3 Å². The zero-order valence-corrected chi connectivity index (χ0v) is 9.91. The molecule has 0 aliphatic heterocycles. The molecule has 1 rings (SSSR count). The lowest BCUT2D eigenvalue weighted by Gasteiger charge is -2.06. The summed E-state index contributed by atoms with van der Waals surface area (Å²) < 4.78 is 2.01. The lowest BCUT2D eigenvalue weighted by molar-refractivity contribution is -0.121. The van der Waals surface area contributed by atoms with Crippen molar-refractivity contribution in [3.05, 3.63) is 24.0 Å². The van der Waals surface area contributed by atoms with Gasteiger partial charge in [-0.05, 0) is 31.5 Å². The molecule has 1 heterocycles. The summed E-state index contributed by atoms with van der Waals surface area (Å²) >= 11 is 0. The van der Waals surface area contributed by atoms with Gasteiger partial charge in [-0.25, -0.2) is 0 Å². The molecule has 4 nitrogen and oxygen atoms in total. The molecule has 0 aromatic carbocycles. The molecular weight excluding hydrogens is 202 g/mol. The van der Waals surface area contributed by atoms with Crippen molar-refractivity contribution in [3.8, 4) is 0 Å². The van der Waals surface area contributed by atoms with E-state index in [0.717, 1.165) is 25.0 Å². The predicted octanol–water partition coefficient (Wildman–Crippen LogP) is 1.16. The molecule has 4 heteroatoms. The van der Waals surface area contributed by atoms with Crippen molar-refractivity contribution in [1.82, 2.24) is 9.88 Å². The number of amides is 1. The lowest BCUT2D eigenvalue weighted by atomic mass is 10.2. The van der Waals surface area contributed by atoms with Crippen LogP contribution in [0.4, 0.5) is 0 Å². The number of hydrogen-bond acceptors (Lipinski definition) is 2. The summed E-state index contributed by atoms with van der Waals surface area (Å²) in [6.45, 7) is 1.32. The van der Waals surface area contributed by atoms with Gasteiger partial charge in [0.25, 0.3) is 0 Å². The normalized spacial score (nSPS) is 10.4. The second-order valence-electron chi connectivity index (χ2n) is 3.99. The van der Waals surface area contributed by atoms with Gasteiger partial charge < -0.3 is 15.6 Å². The zero-order chi connectivity index (χ0) is 11.8. The van der Waals surface area contributed by atoms with Crippen molar-refractivity contribution in [1.29, 1.82) is 0 Å². The summed E-state index contributed by atoms with van der Waals surface area (Å²) in [5, 5.41) is 2.91. The van der Waals surface area contributed by atoms with Crippen molar-refractivity contribution >= 4 is 5.91 Å². The maximum absolute atomic E-state index is 11.5. The van der Waals surface area contributed by atoms with E-state index in [-0.39, 0.29) is 5.91 Å². The quantitative estimate of drug-likeness (QED) is 0.681. The number of nitrogens with one attached hydrogen (secondary N) is 1. The molecule has 0 saturated carbocycles. The molecule has 90 valence electrons. The summed E-state index contributed by atoms with van der Waals surface area (Å²) in [5.74, 6) is 0.123. The van der Waals surface area contributed by atoms with Gasteiger partial charge >= 0.3 is 0 Å². The largest absolute Gasteiger partial charge is 0.353 e. The highest BCUT2D eigenvalue weighted by Crippen LogP contribution is 2.01. The third-order valence-corrected chi connectivity index (χ3v) is 2.63. The molecule has 3 N–H and O–H groups in total. The van der Waals surface area contributed by atoms with Crippen molar-refractivity contribution in [2.24, 2.45) is 12.8 Å². The Morgan fingerprint density at radius 3 is 2.88 bits per heavy atom. The minimum absolute atomic E-state index is 0.123. The van der Waals surface area contributed by atoms with Crippen molar-refractivity contribution in [3.63, 3.8) is 0 Å². The van der Waals surface area contributed by atoms with Crippen molar-refractivity contribution in [2.45, 2.75) is 32.2 Å². The van der Waals surface area contributed by atoms with E-state index in [4.69, 9.17) is 5.73 Å². The fourth-order valence-corrected chi connectivity index (χ4v) is 1.56. The summed E-state index contributed by atoms with van der Waals surface area (Å²) in [7, 11) is 1.97. The van der Waals surface area contributed by atoms with Gasteiger partial charge in [0.15, 0.2) is 0 Å². The summed E-state index contributed by atoms with van der Waals surface area (Å²) in [5.41, 5.74) is 6.50. The third-order valence-electron chi connectivity index (χ3n) is 2.63. The van der Waals surface area contributed by atoms with Crippen LogP contribution in [0.3, 0.4) is 0 Å². The average Bonchev–Trinajstić information content (AvgIpc) is 2.67. The van der Waals surface area contributed by atoms with Gasteiger partial charge in [0.2, 0.25) is 5.91 Å². The molecule has 0 fully saturated rings. The molecule has 0 unspecified atom stereocenters. The molecule has 0 spiro atoms. The molecule has 1 aromatic rings. The van der Waals surface area contributed by atoms with Crippen LogP contribution in [0.5, 0.6) is 0 Å². The Bertz CT molecular complexity index is 320. The van der Waals surface area contributed by atoms with E-state index >= 15 is 0 Å². The van der Waals surface area contributed by atoms with E-state index in [9.17, 15) is 4.79 Å². The highest BCUT2D eigenvalue weighted by molar-refractivity contribution is 5.75. The fraction of sp³-hybridized carbons (Fsp3) is 0.583. The number of unbranched alkanes of at least 4 members (excludes halogenated alkanes) is 2. The zero-order valence-electron chi connectivity index (χ0n) is 9.91. The van der Waals surface area contributed by atoms with E-state index in [1.54, 1.807) is 0 Å². The fourth-order valence-electron chi connectivity index (χ4n) is 1.56. The van der Waals surface area contributed by atoms with Gasteiger partial charge in [0, 0.05) is 25.4 Å². The number of carbonyl (C=O) groups is 1. The lowest BCUT2D eigenvalue weighted by Crippen LogP contribution is -2.23. The van der Waals surface area contributed by atoms with Crippen LogP contribution in [0.25, 0.3) is 0 Å². The van der Waals surface area contributed by atoms with Crippen LogP contribution in [0, 0.1) is 0 Å². The van der Waals surface area contributed by atoms with E-state index in [1.165, 1.54) is 0 Å². The SMILES string of the molecule is Cn1cccc1CNC(=O)CCCCCN. The van der Waals surface area contributed by atoms with Gasteiger partial charge in [0.05, 0.1) is 6.54 Å². The maximum Gasteiger partial charge on any atom is 0.220 e. The van der Waals surface area contributed by atoms with Gasteiger partial charge in [-0.3, -0.25) is 4.79 Å². The Morgan fingerprint density at radius 1 is 1.44 bits per heavy atom. The number of carbonyl (C=O) groups excluding carboxylic acids is 1. The Kier molecular flexibility index (Phi) is 5.64. The van der Waals surface area contributed by atoms with Gasteiger partial charge in [-0.1, -0.05) is 6.42 Å². The highest BCUT2D eigenvalue weighted by Gasteiger charge is 2.02. The van der Waals surface area contributed by atoms with Gasteiger partial charge in [-0.2, -0.15) is 0 Å². The molecule has 1 amide bonds. The number of rotatable bonds is 7. The number of nitrogens with two attached hydrogens (primary N) is 1. The number of aromatic nitrogens is 1. The Labute approximate surface area is 96.8 Å². The van der Waals surface area contributed by atoms with Crippen molar-refractivity contribution < 1.29 is 4.79 Å². The second-order valence-corrected chi connectivity index (χ2v) is 3.99. The smallest absolute Gasteiger partial charge is 0.220 e. The molecule has 0 radical (unpaired) electrons. The molecule has 0 aliphatic carbocycles. The minimum atomic E-state index is 0.123. The van der Waals surface area contributed by atoms with Crippen LogP contribution in [-0.2, 0) is 18.4 Å². The van der Waals surface area contributed by atoms with Crippen molar-refractivity contribution in [2.75, 3.05) is 6.54 Å². The predicted molar refractivity (Wildman–Crippen MR) is 64.8 cm³/mol. The molecule has 0 bridgehead atoms. The molecule has 16 heavy (non-hydrogen) atoms. The average molecular weight is 223 g/mol. The molecule has 0 saturated heterocycles. The first-order valence-corrected chi connectivity index (χ1v) is 5.81. The van der Waals surface area contributed by atoms with E-state index < -0.39 is 0 Å². The molecule has 1 aromatic heterocycles. The van der Waals surface area contributed by atoms with Crippen LogP contribution in [0.1, 0.15) is 31.4 Å². The summed E-state index contributed by atoms with van der Waals surface area (Å²) in [6, 6.07) is 3.98. The van der Waals surface area contributed by atoms with E-state index in [1.807, 2.05) is 29.9 Å². The standard InChI is InChI=1S/C12H21N3O/c1-15-9-5-6-11(15)10-14-12(16)7-3-2-4-8-13/h5-6,9H,2-4,7-8,10,13H2,1H3,(H,14,16). The minimum Gasteiger partial charge on any atom is -0.353 e. The maximum atomic E-state index is 11.5. The van der Waals surface area contributed by atoms with Crippen LogP contribution < -0.4 is 11.1 Å². The molecular formula is C12H21N3O. The monoisotopic (exact) mass is 223 g/mol. The summed E-state index contributed by atoms with van der Waals surface area (Å²) in [6.07, 6.45) is 5.54. The number of hydrogen-bond donors (Lipinski definition) is 2. The first-order chi connectivity index (χ1) is 7.74. The topological polar surface area (TPSA) is 60.0 Å². The highest BCUT2D eigenvalue weighted by atomic mass is 16.1. The second kappa shape index (κ2) is 7.06. The Balaban J connectivity index is 2.13. The Morgan fingerprint density at radius 2 is 2.25 bits per heavy atom. The van der Waals surface area contributed by atoms with Gasteiger partial charge in [-0.15, -0.1) is 0 Å². The summed E-state index contributed by atoms with van der Waals surface area (Å²) in [4.78, 5) is 11.5. The van der Waals surface area contributed by atoms with Gasteiger partial charge in [0.1, 0.15) is 0 Å². The molecule has 0 aliphatic rings. The van der Waals surface area contributed by atoms with E-state index in [2.05, 4.69) is 5.32 Å². The van der Waals surface area contributed by atoms with Crippen LogP contribution in [-0.4, -0.2) is 17.0 Å². The molecule has 0 atom stereocenters. The first-order valence-electron chi connectivity index (χ1n) is 5.81. The van der Waals surface area contributed by atoms with Crippen LogP contribution >= 0.6 is 0 Å². The van der Waals surface area contributed by atoms with E-state index in [0.29, 0.717) is 19.5 Å². The third kappa shape index (κ3) is 4.49. The first kappa shape index (κ1) is 12.8.